The SMILES string of the molecule is Brc1cnccc1CCC1=NCCC1. The first kappa shape index (κ1) is 9.84. The highest BCUT2D eigenvalue weighted by atomic mass is 79.9. The monoisotopic (exact) mass is 252 g/mol. The van der Waals surface area contributed by atoms with Gasteiger partial charge in [0, 0.05) is 29.1 Å². The minimum absolute atomic E-state index is 1.03. The molecule has 0 saturated carbocycles. The molecule has 2 heterocycles. The zero-order valence-electron chi connectivity index (χ0n) is 8.04. The summed E-state index contributed by atoms with van der Waals surface area (Å²) in [7, 11) is 0. The predicted octanol–water partition coefficient (Wildman–Crippen LogP) is 3.01. The average molecular weight is 253 g/mol. The third-order valence-electron chi connectivity index (χ3n) is 2.50. The fourth-order valence-corrected chi connectivity index (χ4v) is 2.14. The topological polar surface area (TPSA) is 25.2 Å². The van der Waals surface area contributed by atoms with Crippen LogP contribution in [0.25, 0.3) is 0 Å². The van der Waals surface area contributed by atoms with Gasteiger partial charge in [0.25, 0.3) is 0 Å². The van der Waals surface area contributed by atoms with Crippen molar-refractivity contribution in [2.24, 2.45) is 4.99 Å². The second kappa shape index (κ2) is 4.69. The van der Waals surface area contributed by atoms with Crippen molar-refractivity contribution in [2.45, 2.75) is 25.7 Å². The second-order valence-corrected chi connectivity index (χ2v) is 4.37. The van der Waals surface area contributed by atoms with E-state index in [-0.39, 0.29) is 0 Å². The molecule has 0 radical (unpaired) electrons. The molecule has 14 heavy (non-hydrogen) atoms. The van der Waals surface area contributed by atoms with Crippen molar-refractivity contribution >= 4 is 21.6 Å². The van der Waals surface area contributed by atoms with E-state index in [4.69, 9.17) is 0 Å². The zero-order valence-corrected chi connectivity index (χ0v) is 9.63. The fourth-order valence-electron chi connectivity index (χ4n) is 1.69. The number of nitrogens with zero attached hydrogens (tertiary/aromatic N) is 2. The first-order valence-electron chi connectivity index (χ1n) is 4.97. The maximum absolute atomic E-state index is 4.47. The highest BCUT2D eigenvalue weighted by Gasteiger charge is 2.07. The highest BCUT2D eigenvalue weighted by Crippen LogP contribution is 2.18. The summed E-state index contributed by atoms with van der Waals surface area (Å²) in [5.41, 5.74) is 2.71. The summed E-state index contributed by atoms with van der Waals surface area (Å²) in [6.45, 7) is 1.03. The number of aromatic nitrogens is 1. The molecular weight excluding hydrogens is 240 g/mol. The summed E-state index contributed by atoms with van der Waals surface area (Å²) in [4.78, 5) is 8.51. The van der Waals surface area contributed by atoms with Crippen LogP contribution < -0.4 is 0 Å². The fraction of sp³-hybridized carbons (Fsp3) is 0.455. The Hall–Kier alpha value is -0.700. The van der Waals surface area contributed by atoms with Crippen molar-refractivity contribution in [2.75, 3.05) is 6.54 Å². The molecular formula is C11H13BrN2. The summed E-state index contributed by atoms with van der Waals surface area (Å²) < 4.78 is 1.11. The average Bonchev–Trinajstić information content (AvgIpc) is 2.69. The molecule has 2 rings (SSSR count). The van der Waals surface area contributed by atoms with E-state index in [2.05, 4.69) is 32.0 Å². The molecule has 1 aliphatic heterocycles. The van der Waals surface area contributed by atoms with E-state index in [1.54, 1.807) is 0 Å². The van der Waals surface area contributed by atoms with Crippen LogP contribution in [0.3, 0.4) is 0 Å². The first-order chi connectivity index (χ1) is 6.86. The molecule has 0 aliphatic carbocycles. The largest absolute Gasteiger partial charge is 0.294 e. The minimum atomic E-state index is 1.03. The van der Waals surface area contributed by atoms with Gasteiger partial charge in [0.1, 0.15) is 0 Å². The predicted molar refractivity (Wildman–Crippen MR) is 61.8 cm³/mol. The number of pyridine rings is 1. The van der Waals surface area contributed by atoms with Crippen molar-refractivity contribution in [1.82, 2.24) is 4.98 Å². The molecule has 74 valence electrons. The number of aliphatic imine (C=N–C) groups is 1. The molecule has 3 heteroatoms. The van der Waals surface area contributed by atoms with Crippen molar-refractivity contribution < 1.29 is 0 Å². The van der Waals surface area contributed by atoms with Crippen LogP contribution in [-0.2, 0) is 6.42 Å². The molecule has 1 aromatic heterocycles. The van der Waals surface area contributed by atoms with Crippen LogP contribution in [0.5, 0.6) is 0 Å². The molecule has 1 aromatic rings. The van der Waals surface area contributed by atoms with Crippen molar-refractivity contribution in [3.05, 3.63) is 28.5 Å². The number of hydrogen-bond donors (Lipinski definition) is 0. The van der Waals surface area contributed by atoms with Gasteiger partial charge >= 0.3 is 0 Å². The second-order valence-electron chi connectivity index (χ2n) is 3.52. The zero-order chi connectivity index (χ0) is 9.80. The van der Waals surface area contributed by atoms with Gasteiger partial charge in [-0.3, -0.25) is 9.98 Å². The Morgan fingerprint density at radius 3 is 3.00 bits per heavy atom. The molecule has 1 aliphatic rings. The lowest BCUT2D eigenvalue weighted by Gasteiger charge is -2.03. The van der Waals surface area contributed by atoms with E-state index in [1.165, 1.54) is 24.1 Å². The van der Waals surface area contributed by atoms with E-state index in [0.717, 1.165) is 23.9 Å². The quantitative estimate of drug-likeness (QED) is 0.812. The van der Waals surface area contributed by atoms with E-state index in [1.807, 2.05) is 12.4 Å². The van der Waals surface area contributed by atoms with Gasteiger partial charge in [-0.2, -0.15) is 0 Å². The van der Waals surface area contributed by atoms with E-state index in [0.29, 0.717) is 0 Å². The molecule has 0 N–H and O–H groups in total. The van der Waals surface area contributed by atoms with Crippen LogP contribution in [0.1, 0.15) is 24.8 Å². The van der Waals surface area contributed by atoms with Crippen LogP contribution in [0.2, 0.25) is 0 Å². The van der Waals surface area contributed by atoms with Gasteiger partial charge < -0.3 is 0 Å². The van der Waals surface area contributed by atoms with Crippen LogP contribution in [0.4, 0.5) is 0 Å². The number of aryl methyl sites for hydroxylation is 1. The molecule has 0 bridgehead atoms. The summed E-state index contributed by atoms with van der Waals surface area (Å²) in [5, 5.41) is 0. The van der Waals surface area contributed by atoms with Gasteiger partial charge in [-0.05, 0) is 53.2 Å². The number of hydrogen-bond acceptors (Lipinski definition) is 2. The molecule has 0 saturated heterocycles. The van der Waals surface area contributed by atoms with Crippen molar-refractivity contribution in [3.63, 3.8) is 0 Å². The lowest BCUT2D eigenvalue weighted by atomic mass is 10.1. The molecule has 0 amide bonds. The van der Waals surface area contributed by atoms with Crippen molar-refractivity contribution in [1.29, 1.82) is 0 Å². The molecule has 0 unspecified atom stereocenters. The third-order valence-corrected chi connectivity index (χ3v) is 3.21. The van der Waals surface area contributed by atoms with Gasteiger partial charge in [-0.25, -0.2) is 0 Å². The van der Waals surface area contributed by atoms with Gasteiger partial charge in [-0.1, -0.05) is 0 Å². The third kappa shape index (κ3) is 2.41. The van der Waals surface area contributed by atoms with Crippen LogP contribution >= 0.6 is 15.9 Å². The van der Waals surface area contributed by atoms with Gasteiger partial charge in [0.05, 0.1) is 0 Å². The minimum Gasteiger partial charge on any atom is -0.294 e. The van der Waals surface area contributed by atoms with Gasteiger partial charge in [-0.15, -0.1) is 0 Å². The summed E-state index contributed by atoms with van der Waals surface area (Å²) in [5.74, 6) is 0. The van der Waals surface area contributed by atoms with Crippen LogP contribution in [0.15, 0.2) is 27.9 Å². The lowest BCUT2D eigenvalue weighted by molar-refractivity contribution is 0.941. The first-order valence-corrected chi connectivity index (χ1v) is 5.76. The summed E-state index contributed by atoms with van der Waals surface area (Å²) in [6.07, 6.45) is 8.31. The van der Waals surface area contributed by atoms with Gasteiger partial charge in [0.15, 0.2) is 0 Å². The molecule has 0 aromatic carbocycles. The molecule has 2 nitrogen and oxygen atoms in total. The molecule has 0 atom stereocenters. The molecule has 0 spiro atoms. The smallest absolute Gasteiger partial charge is 0.0412 e. The Bertz CT molecular complexity index is 347. The number of halogens is 1. The Morgan fingerprint density at radius 1 is 1.36 bits per heavy atom. The maximum Gasteiger partial charge on any atom is 0.0412 e. The highest BCUT2D eigenvalue weighted by molar-refractivity contribution is 9.10. The normalized spacial score (nSPS) is 15.6. The van der Waals surface area contributed by atoms with Gasteiger partial charge in [0.2, 0.25) is 0 Å². The van der Waals surface area contributed by atoms with E-state index >= 15 is 0 Å². The maximum atomic E-state index is 4.47. The van der Waals surface area contributed by atoms with Crippen LogP contribution in [-0.4, -0.2) is 17.2 Å². The van der Waals surface area contributed by atoms with Crippen molar-refractivity contribution in [3.8, 4) is 0 Å². The Morgan fingerprint density at radius 2 is 2.29 bits per heavy atom. The Labute approximate surface area is 92.6 Å². The Kier molecular flexibility index (Phi) is 3.30. The standard InChI is InChI=1S/C11H13BrN2/c12-11-8-13-7-5-9(11)3-4-10-2-1-6-14-10/h5,7-8H,1-4,6H2. The van der Waals surface area contributed by atoms with E-state index < -0.39 is 0 Å². The number of rotatable bonds is 3. The molecule has 0 fully saturated rings. The van der Waals surface area contributed by atoms with Crippen LogP contribution in [0, 0.1) is 0 Å². The Balaban J connectivity index is 1.94. The lowest BCUT2D eigenvalue weighted by Crippen LogP contribution is -1.97. The summed E-state index contributed by atoms with van der Waals surface area (Å²) in [6, 6.07) is 2.07. The van der Waals surface area contributed by atoms with E-state index in [9.17, 15) is 0 Å². The summed E-state index contributed by atoms with van der Waals surface area (Å²) >= 11 is 3.50.